The quantitative estimate of drug-likeness (QED) is 0.924. The zero-order chi connectivity index (χ0) is 13.8. The fourth-order valence-corrected chi connectivity index (χ4v) is 3.20. The van der Waals surface area contributed by atoms with Gasteiger partial charge >= 0.3 is 0 Å². The summed E-state index contributed by atoms with van der Waals surface area (Å²) in [5.41, 5.74) is 9.48. The van der Waals surface area contributed by atoms with Crippen LogP contribution in [0.3, 0.4) is 0 Å². The monoisotopic (exact) mass is 269 g/mol. The number of nitrogens with zero attached hydrogens (tertiary/aromatic N) is 2. The topological polar surface area (TPSA) is 43.8 Å². The average molecular weight is 269 g/mol. The van der Waals surface area contributed by atoms with E-state index in [2.05, 4.69) is 41.1 Å². The molecular formula is C17H23N3. The molecule has 0 unspecified atom stereocenters. The molecule has 3 rings (SSSR count). The maximum Gasteiger partial charge on any atom is 0.0763 e. The van der Waals surface area contributed by atoms with Crippen LogP contribution in [-0.2, 0) is 13.1 Å². The van der Waals surface area contributed by atoms with Crippen molar-refractivity contribution in [3.8, 4) is 0 Å². The van der Waals surface area contributed by atoms with Crippen LogP contribution < -0.4 is 5.73 Å². The van der Waals surface area contributed by atoms with Gasteiger partial charge < -0.3 is 5.73 Å². The molecule has 2 aromatic rings. The number of benzene rings is 1. The van der Waals surface area contributed by atoms with E-state index in [9.17, 15) is 0 Å². The predicted molar refractivity (Wildman–Crippen MR) is 81.5 cm³/mol. The van der Waals surface area contributed by atoms with Crippen LogP contribution in [0.4, 0.5) is 0 Å². The van der Waals surface area contributed by atoms with Crippen molar-refractivity contribution in [2.24, 2.45) is 5.73 Å². The fourth-order valence-electron chi connectivity index (χ4n) is 3.20. The molecular weight excluding hydrogens is 246 g/mol. The molecule has 0 amide bonds. The summed E-state index contributed by atoms with van der Waals surface area (Å²) in [6.07, 6.45) is 6.67. The number of hydrogen-bond acceptors (Lipinski definition) is 2. The number of rotatable bonds is 4. The second kappa shape index (κ2) is 6.23. The first kappa shape index (κ1) is 13.4. The van der Waals surface area contributed by atoms with E-state index in [1.807, 2.05) is 0 Å². The molecule has 0 radical (unpaired) electrons. The van der Waals surface area contributed by atoms with Crippen LogP contribution in [0.2, 0.25) is 0 Å². The summed E-state index contributed by atoms with van der Waals surface area (Å²) in [4.78, 5) is 0. The van der Waals surface area contributed by atoms with Crippen LogP contribution in [0.1, 0.15) is 55.0 Å². The Labute approximate surface area is 120 Å². The van der Waals surface area contributed by atoms with E-state index in [0.29, 0.717) is 12.5 Å². The second-order valence-corrected chi connectivity index (χ2v) is 5.74. The molecule has 0 saturated heterocycles. The molecule has 0 spiro atoms. The average Bonchev–Trinajstić information content (AvgIpc) is 2.92. The Kier molecular flexibility index (Phi) is 4.16. The van der Waals surface area contributed by atoms with E-state index in [0.717, 1.165) is 12.2 Å². The van der Waals surface area contributed by atoms with Crippen LogP contribution in [0.5, 0.6) is 0 Å². The Hall–Kier alpha value is -1.61. The van der Waals surface area contributed by atoms with Gasteiger partial charge in [0.05, 0.1) is 12.2 Å². The molecule has 1 aliphatic carbocycles. The number of aromatic nitrogens is 2. The van der Waals surface area contributed by atoms with Crippen LogP contribution >= 0.6 is 0 Å². The first-order valence-corrected chi connectivity index (χ1v) is 7.67. The van der Waals surface area contributed by atoms with Crippen molar-refractivity contribution in [1.29, 1.82) is 0 Å². The highest BCUT2D eigenvalue weighted by Crippen LogP contribution is 2.33. The van der Waals surface area contributed by atoms with E-state index in [1.54, 1.807) is 0 Å². The Balaban J connectivity index is 1.86. The van der Waals surface area contributed by atoms with Crippen molar-refractivity contribution >= 4 is 0 Å². The van der Waals surface area contributed by atoms with Gasteiger partial charge in [0.1, 0.15) is 0 Å². The van der Waals surface area contributed by atoms with Crippen molar-refractivity contribution in [3.05, 3.63) is 53.3 Å². The van der Waals surface area contributed by atoms with Gasteiger partial charge in [0.2, 0.25) is 0 Å². The first-order valence-electron chi connectivity index (χ1n) is 7.67. The lowest BCUT2D eigenvalue weighted by molar-refractivity contribution is 0.419. The van der Waals surface area contributed by atoms with Crippen LogP contribution in [-0.4, -0.2) is 9.78 Å². The largest absolute Gasteiger partial charge is 0.325 e. The minimum Gasteiger partial charge on any atom is -0.325 e. The third-order valence-corrected chi connectivity index (χ3v) is 4.27. The van der Waals surface area contributed by atoms with Gasteiger partial charge in [0.25, 0.3) is 0 Å². The smallest absolute Gasteiger partial charge is 0.0763 e. The number of nitrogens with two attached hydrogens (primary N) is 1. The Bertz CT molecular complexity index is 539. The maximum absolute atomic E-state index is 5.78. The molecule has 3 heteroatoms. The van der Waals surface area contributed by atoms with Gasteiger partial charge in [-0.25, -0.2) is 0 Å². The lowest BCUT2D eigenvalue weighted by atomic mass is 9.87. The van der Waals surface area contributed by atoms with Gasteiger partial charge in [-0.15, -0.1) is 0 Å². The molecule has 0 aliphatic heterocycles. The maximum atomic E-state index is 5.78. The highest BCUT2D eigenvalue weighted by atomic mass is 15.3. The molecule has 20 heavy (non-hydrogen) atoms. The van der Waals surface area contributed by atoms with E-state index < -0.39 is 0 Å². The van der Waals surface area contributed by atoms with Crippen LogP contribution in [0.25, 0.3) is 0 Å². The molecule has 1 heterocycles. The molecule has 3 nitrogen and oxygen atoms in total. The SMILES string of the molecule is NCc1cc(C2CCCCC2)n(Cc2ccccc2)n1. The van der Waals surface area contributed by atoms with E-state index in [4.69, 9.17) is 10.8 Å². The molecule has 0 bridgehead atoms. The van der Waals surface area contributed by atoms with E-state index in [-0.39, 0.29) is 0 Å². The fraction of sp³-hybridized carbons (Fsp3) is 0.471. The van der Waals surface area contributed by atoms with Gasteiger partial charge in [-0.2, -0.15) is 5.10 Å². The Morgan fingerprint density at radius 1 is 1.10 bits per heavy atom. The summed E-state index contributed by atoms with van der Waals surface area (Å²) in [6.45, 7) is 1.38. The Morgan fingerprint density at radius 3 is 2.55 bits per heavy atom. The molecule has 1 aliphatic rings. The van der Waals surface area contributed by atoms with Gasteiger partial charge in [-0.1, -0.05) is 49.6 Å². The zero-order valence-electron chi connectivity index (χ0n) is 12.0. The lowest BCUT2D eigenvalue weighted by Crippen LogP contribution is -2.13. The van der Waals surface area contributed by atoms with Crippen LogP contribution in [0, 0.1) is 0 Å². The lowest BCUT2D eigenvalue weighted by Gasteiger charge is -2.22. The molecule has 1 aromatic heterocycles. The first-order chi connectivity index (χ1) is 9.86. The van der Waals surface area contributed by atoms with E-state index in [1.165, 1.54) is 43.4 Å². The predicted octanol–water partition coefficient (Wildman–Crippen LogP) is 3.44. The summed E-state index contributed by atoms with van der Waals surface area (Å²) in [5.74, 6) is 0.667. The van der Waals surface area contributed by atoms with Gasteiger partial charge in [0.15, 0.2) is 0 Å². The third kappa shape index (κ3) is 2.93. The Morgan fingerprint density at radius 2 is 1.85 bits per heavy atom. The van der Waals surface area contributed by atoms with E-state index >= 15 is 0 Å². The molecule has 106 valence electrons. The summed E-state index contributed by atoms with van der Waals surface area (Å²) in [7, 11) is 0. The summed E-state index contributed by atoms with van der Waals surface area (Å²) in [6, 6.07) is 12.8. The third-order valence-electron chi connectivity index (χ3n) is 4.27. The highest BCUT2D eigenvalue weighted by Gasteiger charge is 2.20. The summed E-state index contributed by atoms with van der Waals surface area (Å²) in [5, 5.41) is 4.69. The van der Waals surface area contributed by atoms with Gasteiger partial charge in [0, 0.05) is 18.2 Å². The summed E-state index contributed by atoms with van der Waals surface area (Å²) >= 11 is 0. The van der Waals surface area contributed by atoms with Crippen molar-refractivity contribution in [2.75, 3.05) is 0 Å². The molecule has 1 fully saturated rings. The number of hydrogen-bond donors (Lipinski definition) is 1. The van der Waals surface area contributed by atoms with Crippen molar-refractivity contribution in [2.45, 2.75) is 51.1 Å². The zero-order valence-corrected chi connectivity index (χ0v) is 12.0. The normalized spacial score (nSPS) is 16.4. The molecule has 0 atom stereocenters. The molecule has 1 saturated carbocycles. The summed E-state index contributed by atoms with van der Waals surface area (Å²) < 4.78 is 2.17. The van der Waals surface area contributed by atoms with Crippen molar-refractivity contribution in [3.63, 3.8) is 0 Å². The van der Waals surface area contributed by atoms with Crippen molar-refractivity contribution in [1.82, 2.24) is 9.78 Å². The minimum atomic E-state index is 0.529. The van der Waals surface area contributed by atoms with Gasteiger partial charge in [-0.05, 0) is 24.5 Å². The second-order valence-electron chi connectivity index (χ2n) is 5.74. The minimum absolute atomic E-state index is 0.529. The van der Waals surface area contributed by atoms with Crippen molar-refractivity contribution < 1.29 is 0 Å². The standard InChI is InChI=1S/C17H23N3/c18-12-16-11-17(15-9-5-2-6-10-15)20(19-16)13-14-7-3-1-4-8-14/h1,3-4,7-8,11,15H,2,5-6,9-10,12-13,18H2. The molecule has 1 aromatic carbocycles. The molecule has 2 N–H and O–H groups in total. The van der Waals surface area contributed by atoms with Crippen LogP contribution in [0.15, 0.2) is 36.4 Å². The highest BCUT2D eigenvalue weighted by molar-refractivity contribution is 5.20. The van der Waals surface area contributed by atoms with Gasteiger partial charge in [-0.3, -0.25) is 4.68 Å².